The molecule has 37 heavy (non-hydrogen) atoms. The van der Waals surface area contributed by atoms with E-state index in [1.807, 2.05) is 30.3 Å². The van der Waals surface area contributed by atoms with E-state index in [1.165, 1.54) is 6.21 Å². The van der Waals surface area contributed by atoms with Gasteiger partial charge in [-0.05, 0) is 66.1 Å². The number of sulfonamides is 1. The van der Waals surface area contributed by atoms with Crippen molar-refractivity contribution in [2.45, 2.75) is 13.5 Å². The Morgan fingerprint density at radius 2 is 1.73 bits per heavy atom. The van der Waals surface area contributed by atoms with Crippen LogP contribution in [0.2, 0.25) is 5.02 Å². The molecule has 0 bridgehead atoms. The standard InChI is InChI=1S/C26H27ClN4O5S/c1-19-14-22(27)10-13-24(19)31(37(2,34)35)17-25(32)30-29-16-21-8-11-23(12-9-21)36-18-26(33)28-15-20-6-4-3-5-7-20/h3-14,16H,15,17-18H2,1-2H3,(H,28,33)(H,30,32)/b29-16-. The second-order valence-corrected chi connectivity index (χ2v) is 10.5. The normalized spacial score (nSPS) is 11.2. The minimum atomic E-state index is -3.72. The molecule has 0 unspecified atom stereocenters. The molecule has 0 heterocycles. The van der Waals surface area contributed by atoms with Crippen LogP contribution in [0.4, 0.5) is 5.69 Å². The third-order valence-electron chi connectivity index (χ3n) is 5.10. The van der Waals surface area contributed by atoms with Crippen LogP contribution in [0.15, 0.2) is 77.9 Å². The van der Waals surface area contributed by atoms with Crippen LogP contribution in [0.1, 0.15) is 16.7 Å². The highest BCUT2D eigenvalue weighted by atomic mass is 35.5. The molecule has 0 spiro atoms. The van der Waals surface area contributed by atoms with Crippen molar-refractivity contribution in [1.82, 2.24) is 10.7 Å². The van der Waals surface area contributed by atoms with Crippen molar-refractivity contribution >= 4 is 45.3 Å². The van der Waals surface area contributed by atoms with Crippen LogP contribution in [-0.2, 0) is 26.2 Å². The number of carbonyl (C=O) groups excluding carboxylic acids is 2. The number of rotatable bonds is 11. The summed E-state index contributed by atoms with van der Waals surface area (Å²) in [6, 6.07) is 21.0. The van der Waals surface area contributed by atoms with Crippen LogP contribution in [-0.4, -0.2) is 45.9 Å². The zero-order chi connectivity index (χ0) is 26.8. The summed E-state index contributed by atoms with van der Waals surface area (Å²) >= 11 is 5.95. The Kier molecular flexibility index (Phi) is 9.64. The van der Waals surface area contributed by atoms with Crippen molar-refractivity contribution in [2.24, 2.45) is 5.10 Å². The molecule has 0 aliphatic carbocycles. The van der Waals surface area contributed by atoms with Gasteiger partial charge >= 0.3 is 0 Å². The number of nitrogens with zero attached hydrogens (tertiary/aromatic N) is 2. The van der Waals surface area contributed by atoms with E-state index in [2.05, 4.69) is 15.8 Å². The van der Waals surface area contributed by atoms with Gasteiger partial charge in [0.2, 0.25) is 10.0 Å². The van der Waals surface area contributed by atoms with E-state index < -0.39 is 22.5 Å². The molecule has 0 radical (unpaired) electrons. The molecule has 2 N–H and O–H groups in total. The van der Waals surface area contributed by atoms with E-state index in [9.17, 15) is 18.0 Å². The number of benzene rings is 3. The highest BCUT2D eigenvalue weighted by molar-refractivity contribution is 7.92. The Morgan fingerprint density at radius 1 is 1.03 bits per heavy atom. The number of hydrogen-bond acceptors (Lipinski definition) is 6. The topological polar surface area (TPSA) is 117 Å². The van der Waals surface area contributed by atoms with E-state index >= 15 is 0 Å². The molecule has 9 nitrogen and oxygen atoms in total. The first-order chi connectivity index (χ1) is 17.6. The van der Waals surface area contributed by atoms with Gasteiger partial charge in [0.15, 0.2) is 6.61 Å². The van der Waals surface area contributed by atoms with Gasteiger partial charge in [-0.1, -0.05) is 41.9 Å². The molecular formula is C26H27ClN4O5S. The lowest BCUT2D eigenvalue weighted by Gasteiger charge is -2.23. The molecule has 0 aliphatic rings. The second-order valence-electron chi connectivity index (χ2n) is 8.11. The summed E-state index contributed by atoms with van der Waals surface area (Å²) in [5.41, 5.74) is 4.96. The Hall–Kier alpha value is -3.89. The van der Waals surface area contributed by atoms with Gasteiger partial charge < -0.3 is 10.1 Å². The Balaban J connectivity index is 1.48. The number of nitrogens with one attached hydrogen (secondary N) is 2. The maximum Gasteiger partial charge on any atom is 0.260 e. The van der Waals surface area contributed by atoms with Gasteiger partial charge in [0.1, 0.15) is 12.3 Å². The van der Waals surface area contributed by atoms with Crippen LogP contribution in [0.3, 0.4) is 0 Å². The molecular weight excluding hydrogens is 516 g/mol. The summed E-state index contributed by atoms with van der Waals surface area (Å²) in [6.45, 7) is 1.56. The Labute approximate surface area is 221 Å². The minimum Gasteiger partial charge on any atom is -0.484 e. The number of amides is 2. The van der Waals surface area contributed by atoms with Crippen LogP contribution < -0.4 is 19.8 Å². The first-order valence-electron chi connectivity index (χ1n) is 11.2. The van der Waals surface area contributed by atoms with E-state index in [-0.39, 0.29) is 12.5 Å². The second kappa shape index (κ2) is 12.9. The van der Waals surface area contributed by atoms with Crippen LogP contribution in [0.25, 0.3) is 0 Å². The zero-order valence-corrected chi connectivity index (χ0v) is 21.9. The average molecular weight is 543 g/mol. The highest BCUT2D eigenvalue weighted by Crippen LogP contribution is 2.25. The molecule has 11 heteroatoms. The van der Waals surface area contributed by atoms with Gasteiger partial charge in [0.25, 0.3) is 11.8 Å². The van der Waals surface area contributed by atoms with Gasteiger partial charge in [-0.2, -0.15) is 5.10 Å². The number of anilines is 1. The van der Waals surface area contributed by atoms with E-state index in [4.69, 9.17) is 16.3 Å². The van der Waals surface area contributed by atoms with E-state index in [0.29, 0.717) is 34.1 Å². The number of carbonyl (C=O) groups is 2. The first-order valence-corrected chi connectivity index (χ1v) is 13.4. The summed E-state index contributed by atoms with van der Waals surface area (Å²) < 4.78 is 31.0. The summed E-state index contributed by atoms with van der Waals surface area (Å²) in [5, 5.41) is 7.14. The highest BCUT2D eigenvalue weighted by Gasteiger charge is 2.22. The molecule has 0 saturated heterocycles. The van der Waals surface area contributed by atoms with Gasteiger partial charge in [-0.25, -0.2) is 13.8 Å². The van der Waals surface area contributed by atoms with Gasteiger partial charge in [0, 0.05) is 11.6 Å². The largest absolute Gasteiger partial charge is 0.484 e. The summed E-state index contributed by atoms with van der Waals surface area (Å²) in [5.74, 6) is -0.357. The molecule has 2 amide bonds. The fourth-order valence-corrected chi connectivity index (χ4v) is 4.41. The van der Waals surface area contributed by atoms with Crippen molar-refractivity contribution in [3.05, 3.63) is 94.5 Å². The van der Waals surface area contributed by atoms with Crippen LogP contribution in [0.5, 0.6) is 5.75 Å². The number of hydrazone groups is 1. The molecule has 0 fully saturated rings. The number of hydrogen-bond donors (Lipinski definition) is 2. The molecule has 0 atom stereocenters. The summed E-state index contributed by atoms with van der Waals surface area (Å²) in [7, 11) is -3.72. The quantitative estimate of drug-likeness (QED) is 0.285. The SMILES string of the molecule is Cc1cc(Cl)ccc1N(CC(=O)N/N=C\c1ccc(OCC(=O)NCc2ccccc2)cc1)S(C)(=O)=O. The predicted molar refractivity (Wildman–Crippen MR) is 144 cm³/mol. The summed E-state index contributed by atoms with van der Waals surface area (Å²) in [6.07, 6.45) is 2.43. The zero-order valence-electron chi connectivity index (χ0n) is 20.3. The van der Waals surface area contributed by atoms with Gasteiger partial charge in [-0.15, -0.1) is 0 Å². The third-order valence-corrected chi connectivity index (χ3v) is 6.46. The fraction of sp³-hybridized carbons (Fsp3) is 0.192. The van der Waals surface area contributed by atoms with Crippen LogP contribution in [0, 0.1) is 6.92 Å². The predicted octanol–water partition coefficient (Wildman–Crippen LogP) is 3.26. The molecule has 0 aromatic heterocycles. The van der Waals surface area contributed by atoms with Gasteiger partial charge in [0.05, 0.1) is 18.2 Å². The summed E-state index contributed by atoms with van der Waals surface area (Å²) in [4.78, 5) is 24.4. The number of aryl methyl sites for hydroxylation is 1. The van der Waals surface area contributed by atoms with Crippen LogP contribution >= 0.6 is 11.6 Å². The Morgan fingerprint density at radius 3 is 2.38 bits per heavy atom. The van der Waals surface area contributed by atoms with Crippen molar-refractivity contribution < 1.29 is 22.7 Å². The molecule has 3 aromatic rings. The Bertz CT molecular complexity index is 1360. The average Bonchev–Trinajstić information content (AvgIpc) is 2.86. The minimum absolute atomic E-state index is 0.125. The molecule has 194 valence electrons. The molecule has 0 aliphatic heterocycles. The van der Waals surface area contributed by atoms with Crippen molar-refractivity contribution in [2.75, 3.05) is 23.7 Å². The van der Waals surface area contributed by atoms with Crippen molar-refractivity contribution in [1.29, 1.82) is 0 Å². The lowest BCUT2D eigenvalue weighted by molar-refractivity contribution is -0.123. The monoisotopic (exact) mass is 542 g/mol. The third kappa shape index (κ3) is 8.93. The van der Waals surface area contributed by atoms with Gasteiger partial charge in [-0.3, -0.25) is 13.9 Å². The number of halogens is 1. The first kappa shape index (κ1) is 27.7. The molecule has 0 saturated carbocycles. The molecule has 3 rings (SSSR count). The maximum atomic E-state index is 12.4. The fourth-order valence-electron chi connectivity index (χ4n) is 3.27. The molecule has 3 aromatic carbocycles. The van der Waals surface area contributed by atoms with E-state index in [1.54, 1.807) is 49.4 Å². The lowest BCUT2D eigenvalue weighted by atomic mass is 10.2. The lowest BCUT2D eigenvalue weighted by Crippen LogP contribution is -2.39. The van der Waals surface area contributed by atoms with Crippen molar-refractivity contribution in [3.8, 4) is 5.75 Å². The maximum absolute atomic E-state index is 12.4. The smallest absolute Gasteiger partial charge is 0.260 e. The van der Waals surface area contributed by atoms with E-state index in [0.717, 1.165) is 16.1 Å². The number of ether oxygens (including phenoxy) is 1. The van der Waals surface area contributed by atoms with Crippen molar-refractivity contribution in [3.63, 3.8) is 0 Å².